The summed E-state index contributed by atoms with van der Waals surface area (Å²) in [4.78, 5) is 36.0. The second kappa shape index (κ2) is 8.83. The third-order valence-corrected chi connectivity index (χ3v) is 6.16. The number of amides is 2. The monoisotopic (exact) mass is 403 g/mol. The number of likely N-dealkylation sites (tertiary alicyclic amines) is 1. The Morgan fingerprint density at radius 2 is 2.00 bits per heavy atom. The summed E-state index contributed by atoms with van der Waals surface area (Å²) in [6, 6.07) is 3.93. The summed E-state index contributed by atoms with van der Waals surface area (Å²) >= 11 is 1.58. The first-order chi connectivity index (χ1) is 13.7. The van der Waals surface area contributed by atoms with Gasteiger partial charge < -0.3 is 14.3 Å². The maximum absolute atomic E-state index is 12.6. The molecule has 2 amide bonds. The van der Waals surface area contributed by atoms with Crippen molar-refractivity contribution in [3.05, 3.63) is 23.4 Å². The fourth-order valence-electron chi connectivity index (χ4n) is 3.64. The van der Waals surface area contributed by atoms with Crippen molar-refractivity contribution in [1.29, 1.82) is 0 Å². The second-order valence-corrected chi connectivity index (χ2v) is 8.22. The Morgan fingerprint density at radius 3 is 2.79 bits per heavy atom. The van der Waals surface area contributed by atoms with Crippen molar-refractivity contribution in [1.82, 2.24) is 24.8 Å². The van der Waals surface area contributed by atoms with Crippen molar-refractivity contribution in [2.45, 2.75) is 32.2 Å². The maximum Gasteiger partial charge on any atom is 0.242 e. The number of piperazine rings is 1. The number of hydrogen-bond acceptors (Lipinski definition) is 7. The van der Waals surface area contributed by atoms with Crippen molar-refractivity contribution in [3.8, 4) is 10.7 Å². The van der Waals surface area contributed by atoms with Crippen LogP contribution in [0.3, 0.4) is 0 Å². The number of carbonyl (C=O) groups is 2. The smallest absolute Gasteiger partial charge is 0.242 e. The predicted molar refractivity (Wildman–Crippen MR) is 105 cm³/mol. The first-order valence-electron chi connectivity index (χ1n) is 9.83. The average Bonchev–Trinajstić information content (AvgIpc) is 3.35. The van der Waals surface area contributed by atoms with Gasteiger partial charge in [0, 0.05) is 39.1 Å². The van der Waals surface area contributed by atoms with Crippen LogP contribution in [-0.2, 0) is 16.1 Å². The quantitative estimate of drug-likeness (QED) is 0.758. The molecular weight excluding hydrogens is 378 g/mol. The van der Waals surface area contributed by atoms with Gasteiger partial charge in [0.05, 0.1) is 18.0 Å². The molecule has 2 aliphatic heterocycles. The largest absolute Gasteiger partial charge is 0.339 e. The molecule has 0 aromatic carbocycles. The molecule has 9 heteroatoms. The Bertz CT molecular complexity index is 798. The molecule has 0 N–H and O–H groups in total. The van der Waals surface area contributed by atoms with Gasteiger partial charge in [0.2, 0.25) is 23.5 Å². The molecule has 4 heterocycles. The molecular formula is C19H25N5O3S. The van der Waals surface area contributed by atoms with Gasteiger partial charge in [-0.1, -0.05) is 17.6 Å². The molecule has 0 spiro atoms. The zero-order valence-corrected chi connectivity index (χ0v) is 16.7. The molecule has 2 aromatic rings. The Balaban J connectivity index is 1.25. The summed E-state index contributed by atoms with van der Waals surface area (Å²) in [5.41, 5.74) is 0. The Hall–Kier alpha value is -2.26. The number of hydrogen-bond donors (Lipinski definition) is 0. The molecule has 28 heavy (non-hydrogen) atoms. The molecule has 150 valence electrons. The zero-order valence-electron chi connectivity index (χ0n) is 15.9. The van der Waals surface area contributed by atoms with Crippen LogP contribution in [0.1, 0.15) is 31.6 Å². The van der Waals surface area contributed by atoms with E-state index >= 15 is 0 Å². The topological polar surface area (TPSA) is 82.8 Å². The van der Waals surface area contributed by atoms with E-state index in [9.17, 15) is 9.59 Å². The molecule has 0 atom stereocenters. The van der Waals surface area contributed by atoms with Crippen LogP contribution in [0.15, 0.2) is 22.0 Å². The minimum Gasteiger partial charge on any atom is -0.339 e. The highest BCUT2D eigenvalue weighted by Gasteiger charge is 2.26. The van der Waals surface area contributed by atoms with Gasteiger partial charge in [-0.3, -0.25) is 14.5 Å². The van der Waals surface area contributed by atoms with Gasteiger partial charge in [-0.25, -0.2) is 0 Å². The fraction of sp³-hybridized carbons (Fsp3) is 0.579. The predicted octanol–water partition coefficient (Wildman–Crippen LogP) is 1.84. The molecule has 4 rings (SSSR count). The van der Waals surface area contributed by atoms with Crippen molar-refractivity contribution in [2.24, 2.45) is 0 Å². The lowest BCUT2D eigenvalue weighted by Gasteiger charge is -2.35. The van der Waals surface area contributed by atoms with E-state index in [1.165, 1.54) is 0 Å². The molecule has 0 bridgehead atoms. The summed E-state index contributed by atoms with van der Waals surface area (Å²) < 4.78 is 5.37. The van der Waals surface area contributed by atoms with Gasteiger partial charge in [0.25, 0.3) is 0 Å². The number of thiophene rings is 1. The van der Waals surface area contributed by atoms with E-state index < -0.39 is 0 Å². The standard InChI is InChI=1S/C19H25N5O3S/c25-17-6-2-1-3-7-24(17)14-18(26)23-10-8-22(9-11-23)13-16-20-19(21-27-16)15-5-4-12-28-15/h4-5,12H,1-3,6-11,13-14H2. The fourth-order valence-corrected chi connectivity index (χ4v) is 4.29. The highest BCUT2D eigenvalue weighted by Crippen LogP contribution is 2.21. The third-order valence-electron chi connectivity index (χ3n) is 5.29. The highest BCUT2D eigenvalue weighted by molar-refractivity contribution is 7.13. The van der Waals surface area contributed by atoms with Gasteiger partial charge in [0.15, 0.2) is 0 Å². The first-order valence-corrected chi connectivity index (χ1v) is 10.7. The van der Waals surface area contributed by atoms with Crippen LogP contribution in [-0.4, -0.2) is 75.9 Å². The van der Waals surface area contributed by atoms with Gasteiger partial charge in [-0.2, -0.15) is 4.98 Å². The van der Waals surface area contributed by atoms with Gasteiger partial charge in [0.1, 0.15) is 0 Å². The van der Waals surface area contributed by atoms with Crippen molar-refractivity contribution in [3.63, 3.8) is 0 Å². The normalized spacial score (nSPS) is 19.1. The molecule has 0 unspecified atom stereocenters. The summed E-state index contributed by atoms with van der Waals surface area (Å²) in [5.74, 6) is 1.38. The van der Waals surface area contributed by atoms with E-state index in [0.717, 1.165) is 37.2 Å². The van der Waals surface area contributed by atoms with Crippen LogP contribution >= 0.6 is 11.3 Å². The maximum atomic E-state index is 12.6. The number of rotatable bonds is 5. The summed E-state index contributed by atoms with van der Waals surface area (Å²) in [6.45, 7) is 4.35. The van der Waals surface area contributed by atoms with Crippen LogP contribution in [0.4, 0.5) is 0 Å². The van der Waals surface area contributed by atoms with Gasteiger partial charge >= 0.3 is 0 Å². The summed E-state index contributed by atoms with van der Waals surface area (Å²) in [5, 5.41) is 6.03. The molecule has 0 radical (unpaired) electrons. The molecule has 8 nitrogen and oxygen atoms in total. The SMILES string of the molecule is O=C(CN1CCCCCC1=O)N1CCN(Cc2nc(-c3cccs3)no2)CC1. The highest BCUT2D eigenvalue weighted by atomic mass is 32.1. The van der Waals surface area contributed by atoms with E-state index in [0.29, 0.717) is 44.3 Å². The first kappa shape index (κ1) is 19.1. The van der Waals surface area contributed by atoms with Crippen LogP contribution in [0.25, 0.3) is 10.7 Å². The molecule has 0 saturated carbocycles. The second-order valence-electron chi connectivity index (χ2n) is 7.27. The van der Waals surface area contributed by atoms with Crippen LogP contribution in [0.2, 0.25) is 0 Å². The van der Waals surface area contributed by atoms with E-state index in [2.05, 4.69) is 15.0 Å². The Morgan fingerprint density at radius 1 is 1.14 bits per heavy atom. The minimum absolute atomic E-state index is 0.0488. The van der Waals surface area contributed by atoms with E-state index in [4.69, 9.17) is 4.52 Å². The average molecular weight is 404 g/mol. The van der Waals surface area contributed by atoms with Crippen LogP contribution in [0.5, 0.6) is 0 Å². The summed E-state index contributed by atoms with van der Waals surface area (Å²) in [6.07, 6.45) is 3.56. The number of carbonyl (C=O) groups excluding carboxylic acids is 2. The molecule has 2 aromatic heterocycles. The van der Waals surface area contributed by atoms with Crippen LogP contribution in [0, 0.1) is 0 Å². The molecule has 2 saturated heterocycles. The number of aromatic nitrogens is 2. The molecule has 2 fully saturated rings. The Labute approximate surface area is 168 Å². The van der Waals surface area contributed by atoms with Crippen molar-refractivity contribution >= 4 is 23.2 Å². The van der Waals surface area contributed by atoms with Crippen molar-refractivity contribution in [2.75, 3.05) is 39.3 Å². The summed E-state index contributed by atoms with van der Waals surface area (Å²) in [7, 11) is 0. The van der Waals surface area contributed by atoms with E-state index in [1.807, 2.05) is 22.4 Å². The lowest BCUT2D eigenvalue weighted by Crippen LogP contribution is -2.51. The van der Waals surface area contributed by atoms with E-state index in [-0.39, 0.29) is 18.4 Å². The van der Waals surface area contributed by atoms with E-state index in [1.54, 1.807) is 16.2 Å². The number of nitrogens with zero attached hydrogens (tertiary/aromatic N) is 5. The zero-order chi connectivity index (χ0) is 19.3. The molecule has 0 aliphatic carbocycles. The minimum atomic E-state index is 0.0488. The third kappa shape index (κ3) is 4.59. The molecule has 2 aliphatic rings. The lowest BCUT2D eigenvalue weighted by atomic mass is 10.2. The van der Waals surface area contributed by atoms with Crippen molar-refractivity contribution < 1.29 is 14.1 Å². The van der Waals surface area contributed by atoms with Gasteiger partial charge in [-0.05, 0) is 24.3 Å². The van der Waals surface area contributed by atoms with Gasteiger partial charge in [-0.15, -0.1) is 11.3 Å². The lowest BCUT2D eigenvalue weighted by molar-refractivity contribution is -0.141. The Kier molecular flexibility index (Phi) is 6.01. The van der Waals surface area contributed by atoms with Crippen LogP contribution < -0.4 is 0 Å².